The molecule has 0 unspecified atom stereocenters. The van der Waals surface area contributed by atoms with Gasteiger partial charge in [-0.3, -0.25) is 9.69 Å². The second-order valence-corrected chi connectivity index (χ2v) is 6.93. The Morgan fingerprint density at radius 2 is 1.86 bits per heavy atom. The number of nitrogens with zero attached hydrogens (tertiary/aromatic N) is 2. The highest BCUT2D eigenvalue weighted by Gasteiger charge is 2.27. The minimum atomic E-state index is -0.977. The van der Waals surface area contributed by atoms with Crippen LogP contribution in [0.1, 0.15) is 18.4 Å². The van der Waals surface area contributed by atoms with Gasteiger partial charge in [0.1, 0.15) is 5.75 Å². The van der Waals surface area contributed by atoms with E-state index >= 15 is 0 Å². The van der Waals surface area contributed by atoms with Crippen molar-refractivity contribution >= 4 is 11.7 Å². The van der Waals surface area contributed by atoms with Gasteiger partial charge < -0.3 is 14.7 Å². The van der Waals surface area contributed by atoms with Crippen LogP contribution >= 0.6 is 0 Å². The van der Waals surface area contributed by atoms with E-state index in [9.17, 15) is 18.7 Å². The van der Waals surface area contributed by atoms with Crippen LogP contribution in [0.2, 0.25) is 0 Å². The van der Waals surface area contributed by atoms with Gasteiger partial charge in [0.2, 0.25) is 0 Å². The van der Waals surface area contributed by atoms with Crippen molar-refractivity contribution in [2.75, 3.05) is 31.6 Å². The summed E-state index contributed by atoms with van der Waals surface area (Å²) in [6.07, 6.45) is 1.49. The molecule has 1 heterocycles. The van der Waals surface area contributed by atoms with Gasteiger partial charge in [-0.05, 0) is 43.2 Å². The van der Waals surface area contributed by atoms with Crippen molar-refractivity contribution in [3.63, 3.8) is 0 Å². The molecule has 1 fully saturated rings. The number of methoxy groups -OCH3 is 1. The number of rotatable bonds is 7. The Labute approximate surface area is 163 Å². The molecule has 1 N–H and O–H groups in total. The first-order valence-corrected chi connectivity index (χ1v) is 9.25. The fraction of sp³-hybridized carbons (Fsp3) is 0.381. The molecule has 28 heavy (non-hydrogen) atoms. The Morgan fingerprint density at radius 1 is 1.18 bits per heavy atom. The maximum atomic E-state index is 14.0. The second-order valence-electron chi connectivity index (χ2n) is 6.93. The predicted molar refractivity (Wildman–Crippen MR) is 103 cm³/mol. The summed E-state index contributed by atoms with van der Waals surface area (Å²) in [7, 11) is 1.62. The summed E-state index contributed by atoms with van der Waals surface area (Å²) < 4.78 is 32.7. The van der Waals surface area contributed by atoms with Gasteiger partial charge in [-0.25, -0.2) is 8.78 Å². The third-order valence-electron chi connectivity index (χ3n) is 5.16. The molecule has 1 aliphatic rings. The maximum Gasteiger partial charge on any atom is 0.317 e. The van der Waals surface area contributed by atoms with Crippen LogP contribution in [0.3, 0.4) is 0 Å². The van der Waals surface area contributed by atoms with Crippen molar-refractivity contribution in [1.82, 2.24) is 4.90 Å². The number of hydrogen-bond acceptors (Lipinski definition) is 4. The number of piperidine rings is 1. The van der Waals surface area contributed by atoms with Gasteiger partial charge in [0.15, 0.2) is 11.6 Å². The zero-order valence-corrected chi connectivity index (χ0v) is 15.8. The second kappa shape index (κ2) is 9.01. The molecular weight excluding hydrogens is 366 g/mol. The number of carboxylic acid groups (broad SMARTS) is 1. The Bertz CT molecular complexity index is 806. The van der Waals surface area contributed by atoms with Crippen molar-refractivity contribution in [2.24, 2.45) is 0 Å². The van der Waals surface area contributed by atoms with Gasteiger partial charge in [0, 0.05) is 36.9 Å². The van der Waals surface area contributed by atoms with E-state index in [1.165, 1.54) is 12.1 Å². The molecule has 0 saturated carbocycles. The number of benzene rings is 2. The van der Waals surface area contributed by atoms with E-state index in [1.54, 1.807) is 12.0 Å². The summed E-state index contributed by atoms with van der Waals surface area (Å²) in [5, 5.41) is 9.26. The van der Waals surface area contributed by atoms with Gasteiger partial charge in [0.05, 0.1) is 13.7 Å². The molecule has 7 heteroatoms. The molecule has 0 aliphatic carbocycles. The van der Waals surface area contributed by atoms with E-state index in [0.717, 1.165) is 43.4 Å². The van der Waals surface area contributed by atoms with Crippen LogP contribution in [0.5, 0.6) is 5.75 Å². The maximum absolute atomic E-state index is 14.0. The number of hydrogen-bond donors (Lipinski definition) is 1. The van der Waals surface area contributed by atoms with E-state index in [4.69, 9.17) is 4.74 Å². The highest BCUT2D eigenvalue weighted by Crippen LogP contribution is 2.26. The summed E-state index contributed by atoms with van der Waals surface area (Å²) in [6.45, 7) is 1.39. The van der Waals surface area contributed by atoms with Crippen molar-refractivity contribution in [3.8, 4) is 5.75 Å². The number of carboxylic acids is 1. The molecule has 150 valence electrons. The normalized spacial score (nSPS) is 15.1. The van der Waals surface area contributed by atoms with Crippen molar-refractivity contribution in [1.29, 1.82) is 0 Å². The topological polar surface area (TPSA) is 53.0 Å². The minimum Gasteiger partial charge on any atom is -0.497 e. The van der Waals surface area contributed by atoms with E-state index in [-0.39, 0.29) is 24.7 Å². The lowest BCUT2D eigenvalue weighted by Gasteiger charge is -2.39. The summed E-state index contributed by atoms with van der Waals surface area (Å²) in [5.74, 6) is -2.01. The van der Waals surface area contributed by atoms with Crippen LogP contribution in [0.15, 0.2) is 42.5 Å². The van der Waals surface area contributed by atoms with Crippen LogP contribution in [0.25, 0.3) is 0 Å². The lowest BCUT2D eigenvalue weighted by Crippen LogP contribution is -2.46. The largest absolute Gasteiger partial charge is 0.497 e. The number of ether oxygens (including phenoxy) is 1. The average molecular weight is 390 g/mol. The standard InChI is InChI=1S/C21H24F2N2O3/c1-28-18-7-5-16(6-8-18)24-11-9-17(10-12-24)25(14-20(26)27)13-15-3-2-4-19(22)21(15)23/h2-8,17H,9-14H2,1H3,(H,26,27). The lowest BCUT2D eigenvalue weighted by molar-refractivity contribution is -0.139. The Hall–Kier alpha value is -2.67. The molecular formula is C21H24F2N2O3. The first kappa shape index (κ1) is 20.1. The van der Waals surface area contributed by atoms with Gasteiger partial charge >= 0.3 is 5.97 Å². The first-order chi connectivity index (χ1) is 13.5. The first-order valence-electron chi connectivity index (χ1n) is 9.25. The van der Waals surface area contributed by atoms with Gasteiger partial charge in [-0.15, -0.1) is 0 Å². The molecule has 1 aliphatic heterocycles. The lowest BCUT2D eigenvalue weighted by atomic mass is 10.0. The summed E-state index contributed by atoms with van der Waals surface area (Å²) in [4.78, 5) is 15.3. The van der Waals surface area contributed by atoms with Gasteiger partial charge in [-0.2, -0.15) is 0 Å². The van der Waals surface area contributed by atoms with Gasteiger partial charge in [-0.1, -0.05) is 12.1 Å². The molecule has 3 rings (SSSR count). The van der Waals surface area contributed by atoms with Crippen LogP contribution < -0.4 is 9.64 Å². The third-order valence-corrected chi connectivity index (χ3v) is 5.16. The molecule has 0 aromatic heterocycles. The fourth-order valence-electron chi connectivity index (χ4n) is 3.66. The quantitative estimate of drug-likeness (QED) is 0.784. The predicted octanol–water partition coefficient (Wildman–Crippen LogP) is 3.53. The average Bonchev–Trinajstić information content (AvgIpc) is 2.71. The third kappa shape index (κ3) is 4.78. The Morgan fingerprint density at radius 3 is 2.46 bits per heavy atom. The van der Waals surface area contributed by atoms with Crippen molar-refractivity contribution in [2.45, 2.75) is 25.4 Å². The number of anilines is 1. The molecule has 2 aromatic carbocycles. The Balaban J connectivity index is 1.67. The zero-order chi connectivity index (χ0) is 20.1. The molecule has 0 bridgehead atoms. The molecule has 1 saturated heterocycles. The fourth-order valence-corrected chi connectivity index (χ4v) is 3.66. The van der Waals surface area contributed by atoms with Crippen molar-refractivity contribution in [3.05, 3.63) is 59.7 Å². The Kier molecular flexibility index (Phi) is 6.46. The highest BCUT2D eigenvalue weighted by molar-refractivity contribution is 5.69. The van der Waals surface area contributed by atoms with E-state index in [0.29, 0.717) is 0 Å². The molecule has 0 atom stereocenters. The van der Waals surface area contributed by atoms with E-state index < -0.39 is 17.6 Å². The molecule has 5 nitrogen and oxygen atoms in total. The van der Waals surface area contributed by atoms with E-state index in [2.05, 4.69) is 4.90 Å². The summed E-state index contributed by atoms with van der Waals surface area (Å²) >= 11 is 0. The number of carbonyl (C=O) groups is 1. The SMILES string of the molecule is COc1ccc(N2CCC(N(CC(=O)O)Cc3cccc(F)c3F)CC2)cc1. The van der Waals surface area contributed by atoms with Gasteiger partial charge in [0.25, 0.3) is 0 Å². The number of halogens is 2. The molecule has 0 spiro atoms. The molecule has 2 aromatic rings. The number of aliphatic carboxylic acids is 1. The summed E-state index contributed by atoms with van der Waals surface area (Å²) in [6, 6.07) is 11.8. The molecule has 0 radical (unpaired) electrons. The van der Waals surface area contributed by atoms with E-state index in [1.807, 2.05) is 24.3 Å². The van der Waals surface area contributed by atoms with Crippen LogP contribution in [-0.2, 0) is 11.3 Å². The smallest absolute Gasteiger partial charge is 0.317 e. The van der Waals surface area contributed by atoms with Crippen LogP contribution in [0.4, 0.5) is 14.5 Å². The monoisotopic (exact) mass is 390 g/mol. The van der Waals surface area contributed by atoms with Crippen LogP contribution in [0, 0.1) is 11.6 Å². The minimum absolute atomic E-state index is 0.00624. The van der Waals surface area contributed by atoms with Crippen LogP contribution in [-0.4, -0.2) is 48.8 Å². The van der Waals surface area contributed by atoms with Crippen molar-refractivity contribution < 1.29 is 23.4 Å². The molecule has 0 amide bonds. The highest BCUT2D eigenvalue weighted by atomic mass is 19.2. The zero-order valence-electron chi connectivity index (χ0n) is 15.8. The summed E-state index contributed by atoms with van der Waals surface area (Å²) in [5.41, 5.74) is 1.26.